The van der Waals surface area contributed by atoms with E-state index in [2.05, 4.69) is 9.59 Å². The van der Waals surface area contributed by atoms with E-state index in [1.165, 1.54) is 11.5 Å². The molecule has 27 heavy (non-hydrogen) atoms. The molecule has 142 valence electrons. The highest BCUT2D eigenvalue weighted by Crippen LogP contribution is 2.41. The highest BCUT2D eigenvalue weighted by atomic mass is 32.1. The van der Waals surface area contributed by atoms with Crippen molar-refractivity contribution in [3.63, 3.8) is 0 Å². The number of likely N-dealkylation sites (tertiary alicyclic amines) is 2. The van der Waals surface area contributed by atoms with E-state index < -0.39 is 0 Å². The number of rotatable bonds is 3. The lowest BCUT2D eigenvalue weighted by atomic mass is 9.78. The molecule has 0 aromatic carbocycles. The second kappa shape index (κ2) is 7.52. The van der Waals surface area contributed by atoms with E-state index in [-0.39, 0.29) is 17.2 Å². The molecule has 6 nitrogen and oxygen atoms in total. The first-order valence-corrected chi connectivity index (χ1v) is 10.9. The molecule has 2 aliphatic heterocycles. The number of amides is 2. The summed E-state index contributed by atoms with van der Waals surface area (Å²) in [5, 5.41) is 7.98. The fourth-order valence-electron chi connectivity index (χ4n) is 3.93. The maximum Gasteiger partial charge on any atom is 0.267 e. The summed E-state index contributed by atoms with van der Waals surface area (Å²) < 4.78 is 3.88. The van der Waals surface area contributed by atoms with E-state index in [1.54, 1.807) is 17.4 Å². The second-order valence-corrected chi connectivity index (χ2v) is 8.91. The standard InChI is InChI=1S/C19H22N4O2S2/c1-14-17(27-21-20-14)18(25)23-10-7-19(13-23)5-8-22(9-6-19)16(24)3-2-15-4-11-26-12-15/h2-4,11-12H,5-10,13H2,1H3/b3-2+. The lowest BCUT2D eigenvalue weighted by Gasteiger charge is -2.38. The van der Waals surface area contributed by atoms with Gasteiger partial charge in [-0.1, -0.05) is 4.49 Å². The Labute approximate surface area is 166 Å². The van der Waals surface area contributed by atoms with Gasteiger partial charge in [-0.25, -0.2) is 0 Å². The van der Waals surface area contributed by atoms with Crippen molar-refractivity contribution in [2.75, 3.05) is 26.2 Å². The van der Waals surface area contributed by atoms with Crippen LogP contribution in [0.5, 0.6) is 0 Å². The number of piperidine rings is 1. The third-order valence-electron chi connectivity index (χ3n) is 5.67. The lowest BCUT2D eigenvalue weighted by Crippen LogP contribution is -2.44. The highest BCUT2D eigenvalue weighted by Gasteiger charge is 2.43. The molecule has 4 heterocycles. The van der Waals surface area contributed by atoms with E-state index in [1.807, 2.05) is 39.6 Å². The van der Waals surface area contributed by atoms with Gasteiger partial charge in [0.25, 0.3) is 5.91 Å². The highest BCUT2D eigenvalue weighted by molar-refractivity contribution is 7.08. The Morgan fingerprint density at radius 3 is 2.56 bits per heavy atom. The van der Waals surface area contributed by atoms with Gasteiger partial charge in [-0.15, -0.1) is 5.10 Å². The lowest BCUT2D eigenvalue weighted by molar-refractivity contribution is -0.128. The minimum Gasteiger partial charge on any atom is -0.339 e. The summed E-state index contributed by atoms with van der Waals surface area (Å²) in [5.41, 5.74) is 1.93. The minimum absolute atomic E-state index is 0.0524. The summed E-state index contributed by atoms with van der Waals surface area (Å²) in [4.78, 5) is 29.7. The predicted molar refractivity (Wildman–Crippen MR) is 107 cm³/mol. The molecule has 0 saturated carbocycles. The van der Waals surface area contributed by atoms with Crippen LogP contribution >= 0.6 is 22.9 Å². The normalized spacial score (nSPS) is 19.3. The van der Waals surface area contributed by atoms with E-state index >= 15 is 0 Å². The van der Waals surface area contributed by atoms with E-state index in [0.717, 1.165) is 51.0 Å². The largest absolute Gasteiger partial charge is 0.339 e. The zero-order valence-corrected chi connectivity index (χ0v) is 16.9. The Kier molecular flexibility index (Phi) is 5.10. The summed E-state index contributed by atoms with van der Waals surface area (Å²) in [6.07, 6.45) is 6.47. The molecule has 2 aliphatic rings. The van der Waals surface area contributed by atoms with Gasteiger partial charge in [-0.3, -0.25) is 9.59 Å². The maximum atomic E-state index is 12.7. The van der Waals surface area contributed by atoms with Gasteiger partial charge in [0.2, 0.25) is 5.91 Å². The molecule has 2 aromatic heterocycles. The van der Waals surface area contributed by atoms with Gasteiger partial charge in [0.15, 0.2) is 0 Å². The summed E-state index contributed by atoms with van der Waals surface area (Å²) in [5.74, 6) is 0.130. The molecule has 8 heteroatoms. The topological polar surface area (TPSA) is 66.4 Å². The molecule has 2 fully saturated rings. The van der Waals surface area contributed by atoms with Gasteiger partial charge in [-0.05, 0) is 71.6 Å². The third-order valence-corrected chi connectivity index (χ3v) is 7.19. The average Bonchev–Trinajstić information content (AvgIpc) is 3.42. The van der Waals surface area contributed by atoms with E-state index in [4.69, 9.17) is 0 Å². The molecule has 2 amide bonds. The minimum atomic E-state index is 0.0524. The molecule has 2 aromatic rings. The van der Waals surface area contributed by atoms with Crippen LogP contribution in [0.4, 0.5) is 0 Å². The monoisotopic (exact) mass is 402 g/mol. The number of carbonyl (C=O) groups is 2. The fraction of sp³-hybridized carbons (Fsp3) is 0.474. The van der Waals surface area contributed by atoms with Gasteiger partial charge < -0.3 is 9.80 Å². The van der Waals surface area contributed by atoms with Crippen molar-refractivity contribution >= 4 is 40.8 Å². The van der Waals surface area contributed by atoms with Crippen LogP contribution < -0.4 is 0 Å². The van der Waals surface area contributed by atoms with Gasteiger partial charge >= 0.3 is 0 Å². The summed E-state index contributed by atoms with van der Waals surface area (Å²) >= 11 is 2.80. The van der Waals surface area contributed by atoms with Crippen molar-refractivity contribution in [2.24, 2.45) is 5.41 Å². The molecule has 0 radical (unpaired) electrons. The Morgan fingerprint density at radius 2 is 1.93 bits per heavy atom. The third kappa shape index (κ3) is 3.82. The molecule has 2 saturated heterocycles. The van der Waals surface area contributed by atoms with Crippen LogP contribution in [0.2, 0.25) is 0 Å². The first kappa shape index (κ1) is 18.3. The van der Waals surface area contributed by atoms with Crippen molar-refractivity contribution in [2.45, 2.75) is 26.2 Å². The van der Waals surface area contributed by atoms with Gasteiger partial charge in [0.05, 0.1) is 5.69 Å². The Balaban J connectivity index is 1.33. The van der Waals surface area contributed by atoms with Crippen molar-refractivity contribution in [1.82, 2.24) is 19.4 Å². The van der Waals surface area contributed by atoms with Crippen molar-refractivity contribution in [3.05, 3.63) is 39.0 Å². The van der Waals surface area contributed by atoms with Crippen molar-refractivity contribution in [3.8, 4) is 0 Å². The molecule has 0 aliphatic carbocycles. The SMILES string of the molecule is Cc1nnsc1C(=O)N1CCC2(CCN(C(=O)/C=C/c3ccsc3)CC2)C1. The second-order valence-electron chi connectivity index (χ2n) is 7.38. The van der Waals surface area contributed by atoms with Crippen LogP contribution in [0.3, 0.4) is 0 Å². The Hall–Kier alpha value is -2.06. The average molecular weight is 403 g/mol. The zero-order chi connectivity index (χ0) is 18.9. The smallest absolute Gasteiger partial charge is 0.267 e. The Bertz CT molecular complexity index is 851. The number of nitrogens with zero attached hydrogens (tertiary/aromatic N) is 4. The Morgan fingerprint density at radius 1 is 1.19 bits per heavy atom. The molecule has 0 N–H and O–H groups in total. The van der Waals surface area contributed by atoms with Crippen LogP contribution in [0.15, 0.2) is 22.9 Å². The summed E-state index contributed by atoms with van der Waals surface area (Å²) in [6, 6.07) is 2.00. The molecule has 0 bridgehead atoms. The van der Waals surface area contributed by atoms with Crippen LogP contribution in [0.1, 0.15) is 40.2 Å². The number of hydrogen-bond acceptors (Lipinski definition) is 6. The van der Waals surface area contributed by atoms with Crippen LogP contribution in [0.25, 0.3) is 6.08 Å². The van der Waals surface area contributed by atoms with Gasteiger partial charge in [0.1, 0.15) is 4.88 Å². The number of hydrogen-bond donors (Lipinski definition) is 0. The molecular weight excluding hydrogens is 380 g/mol. The maximum absolute atomic E-state index is 12.7. The molecule has 4 rings (SSSR count). The fourth-order valence-corrected chi connectivity index (χ4v) is 5.19. The first-order chi connectivity index (χ1) is 13.1. The number of thiophene rings is 1. The van der Waals surface area contributed by atoms with E-state index in [0.29, 0.717) is 10.6 Å². The zero-order valence-electron chi connectivity index (χ0n) is 15.3. The van der Waals surface area contributed by atoms with Crippen LogP contribution in [0, 0.1) is 12.3 Å². The first-order valence-electron chi connectivity index (χ1n) is 9.14. The quantitative estimate of drug-likeness (QED) is 0.740. The van der Waals surface area contributed by atoms with Crippen LogP contribution in [-0.4, -0.2) is 57.4 Å². The van der Waals surface area contributed by atoms with Gasteiger partial charge in [0, 0.05) is 32.3 Å². The van der Waals surface area contributed by atoms with Gasteiger partial charge in [-0.2, -0.15) is 11.3 Å². The molecular formula is C19H22N4O2S2. The summed E-state index contributed by atoms with van der Waals surface area (Å²) in [6.45, 7) is 4.90. The van der Waals surface area contributed by atoms with Crippen molar-refractivity contribution < 1.29 is 9.59 Å². The molecule has 1 spiro atoms. The number of aromatic nitrogens is 2. The predicted octanol–water partition coefficient (Wildman–Crippen LogP) is 3.08. The molecule has 0 atom stereocenters. The number of aryl methyl sites for hydroxylation is 1. The van der Waals surface area contributed by atoms with E-state index in [9.17, 15) is 9.59 Å². The summed E-state index contributed by atoms with van der Waals surface area (Å²) in [7, 11) is 0. The molecule has 0 unspecified atom stereocenters. The van der Waals surface area contributed by atoms with Crippen LogP contribution in [-0.2, 0) is 4.79 Å². The van der Waals surface area contributed by atoms with Crippen molar-refractivity contribution in [1.29, 1.82) is 0 Å². The number of carbonyl (C=O) groups excluding carboxylic acids is 2.